The number of nitrogens with zero attached hydrogens (tertiary/aromatic N) is 1. The van der Waals surface area contributed by atoms with Crippen molar-refractivity contribution in [1.82, 2.24) is 4.90 Å². The minimum absolute atomic E-state index is 0.0384. The minimum atomic E-state index is -0.0881. The van der Waals surface area contributed by atoms with Gasteiger partial charge in [-0.1, -0.05) is 18.2 Å². The van der Waals surface area contributed by atoms with Crippen molar-refractivity contribution in [3.8, 4) is 5.75 Å². The lowest BCUT2D eigenvalue weighted by molar-refractivity contribution is -0.149. The van der Waals surface area contributed by atoms with Crippen LogP contribution in [-0.4, -0.2) is 54.4 Å². The van der Waals surface area contributed by atoms with Crippen LogP contribution in [0.15, 0.2) is 30.3 Å². The fraction of sp³-hybridized carbons (Fsp3) is 0.632. The van der Waals surface area contributed by atoms with Gasteiger partial charge in [-0.15, -0.1) is 0 Å². The molecule has 0 radical (unpaired) electrons. The van der Waals surface area contributed by atoms with E-state index in [1.807, 2.05) is 35.2 Å². The number of hydrogen-bond donors (Lipinski definition) is 1. The van der Waals surface area contributed by atoms with Crippen LogP contribution in [0.2, 0.25) is 0 Å². The molecule has 1 aromatic rings. The summed E-state index contributed by atoms with van der Waals surface area (Å²) in [5.74, 6) is 1.31. The molecule has 3 rings (SSSR count). The first-order valence-electron chi connectivity index (χ1n) is 8.91. The number of carbonyl (C=O) groups is 1. The van der Waals surface area contributed by atoms with Crippen molar-refractivity contribution in [2.75, 3.05) is 32.9 Å². The maximum atomic E-state index is 12.3. The highest BCUT2D eigenvalue weighted by Gasteiger charge is 2.40. The SMILES string of the molecule is O=C(COc1ccccc1)N1CCC2(CC1)CC(CCO)CCO2. The van der Waals surface area contributed by atoms with E-state index in [2.05, 4.69) is 0 Å². The van der Waals surface area contributed by atoms with Gasteiger partial charge >= 0.3 is 0 Å². The lowest BCUT2D eigenvalue weighted by Gasteiger charge is -2.46. The third kappa shape index (κ3) is 4.28. The molecule has 2 heterocycles. The van der Waals surface area contributed by atoms with Crippen LogP contribution in [0.4, 0.5) is 0 Å². The van der Waals surface area contributed by atoms with E-state index in [1.165, 1.54) is 0 Å². The first kappa shape index (κ1) is 17.2. The van der Waals surface area contributed by atoms with E-state index in [0.717, 1.165) is 57.6 Å². The zero-order valence-corrected chi connectivity index (χ0v) is 14.2. The topological polar surface area (TPSA) is 59.0 Å². The molecule has 2 fully saturated rings. The molecule has 24 heavy (non-hydrogen) atoms. The molecular weight excluding hydrogens is 306 g/mol. The Labute approximate surface area is 143 Å². The molecule has 1 N–H and O–H groups in total. The van der Waals surface area contributed by atoms with Gasteiger partial charge in [-0.2, -0.15) is 0 Å². The van der Waals surface area contributed by atoms with Crippen molar-refractivity contribution in [2.45, 2.75) is 37.7 Å². The Morgan fingerprint density at radius 1 is 1.29 bits per heavy atom. The molecular formula is C19H27NO4. The van der Waals surface area contributed by atoms with Crippen LogP contribution in [0.25, 0.3) is 0 Å². The van der Waals surface area contributed by atoms with Crippen LogP contribution in [0.5, 0.6) is 5.75 Å². The molecule has 2 aliphatic heterocycles. The second-order valence-electron chi connectivity index (χ2n) is 6.89. The number of amides is 1. The Bertz CT molecular complexity index is 523. The van der Waals surface area contributed by atoms with Crippen LogP contribution in [-0.2, 0) is 9.53 Å². The molecule has 5 heteroatoms. The van der Waals surface area contributed by atoms with Gasteiger partial charge in [-0.3, -0.25) is 4.79 Å². The second-order valence-corrected chi connectivity index (χ2v) is 6.89. The van der Waals surface area contributed by atoms with Crippen LogP contribution < -0.4 is 4.74 Å². The van der Waals surface area contributed by atoms with Crippen LogP contribution in [0.1, 0.15) is 32.1 Å². The number of likely N-dealkylation sites (tertiary alicyclic amines) is 1. The molecule has 2 aliphatic rings. The number of piperidine rings is 1. The molecule has 132 valence electrons. The Balaban J connectivity index is 1.46. The lowest BCUT2D eigenvalue weighted by Crippen LogP contribution is -2.51. The van der Waals surface area contributed by atoms with E-state index in [1.54, 1.807) is 0 Å². The molecule has 0 saturated carbocycles. The summed E-state index contributed by atoms with van der Waals surface area (Å²) in [7, 11) is 0. The predicted octanol–water partition coefficient (Wildman–Crippen LogP) is 2.24. The Morgan fingerprint density at radius 2 is 2.04 bits per heavy atom. The van der Waals surface area contributed by atoms with Gasteiger partial charge in [0.05, 0.1) is 5.60 Å². The lowest BCUT2D eigenvalue weighted by atomic mass is 9.78. The molecule has 1 unspecified atom stereocenters. The van der Waals surface area contributed by atoms with E-state index in [9.17, 15) is 4.79 Å². The molecule has 5 nitrogen and oxygen atoms in total. The normalized spacial score (nSPS) is 23.2. The number of hydrogen-bond acceptors (Lipinski definition) is 4. The second kappa shape index (κ2) is 7.99. The fourth-order valence-electron chi connectivity index (χ4n) is 3.82. The summed E-state index contributed by atoms with van der Waals surface area (Å²) < 4.78 is 11.6. The van der Waals surface area contributed by atoms with Crippen molar-refractivity contribution in [1.29, 1.82) is 0 Å². The largest absolute Gasteiger partial charge is 0.484 e. The maximum Gasteiger partial charge on any atom is 0.260 e. The monoisotopic (exact) mass is 333 g/mol. The van der Waals surface area contributed by atoms with Crippen molar-refractivity contribution < 1.29 is 19.4 Å². The Kier molecular flexibility index (Phi) is 5.74. The van der Waals surface area contributed by atoms with Crippen LogP contribution in [0, 0.1) is 5.92 Å². The quantitative estimate of drug-likeness (QED) is 0.898. The van der Waals surface area contributed by atoms with Crippen molar-refractivity contribution >= 4 is 5.91 Å². The maximum absolute atomic E-state index is 12.3. The molecule has 1 aromatic carbocycles. The van der Waals surface area contributed by atoms with Gasteiger partial charge in [-0.05, 0) is 50.2 Å². The van der Waals surface area contributed by atoms with Crippen molar-refractivity contribution in [2.24, 2.45) is 5.92 Å². The van der Waals surface area contributed by atoms with Crippen molar-refractivity contribution in [3.05, 3.63) is 30.3 Å². The van der Waals surface area contributed by atoms with Gasteiger partial charge in [0, 0.05) is 26.3 Å². The number of carbonyl (C=O) groups excluding carboxylic acids is 1. The number of rotatable bonds is 5. The van der Waals surface area contributed by atoms with E-state index in [-0.39, 0.29) is 24.7 Å². The summed E-state index contributed by atoms with van der Waals surface area (Å²) >= 11 is 0. The molecule has 1 amide bonds. The summed E-state index contributed by atoms with van der Waals surface area (Å²) in [6, 6.07) is 9.43. The molecule has 0 aromatic heterocycles. The third-order valence-electron chi connectivity index (χ3n) is 5.27. The Morgan fingerprint density at radius 3 is 2.75 bits per heavy atom. The number of aliphatic hydroxyl groups is 1. The average Bonchev–Trinajstić information content (AvgIpc) is 2.62. The number of ether oxygens (including phenoxy) is 2. The summed E-state index contributed by atoms with van der Waals surface area (Å²) in [6.07, 6.45) is 4.67. The van der Waals surface area contributed by atoms with Gasteiger partial charge < -0.3 is 19.5 Å². The molecule has 1 atom stereocenters. The highest BCUT2D eigenvalue weighted by atomic mass is 16.5. The number of aliphatic hydroxyl groups excluding tert-OH is 1. The summed E-state index contributed by atoms with van der Waals surface area (Å²) in [5.41, 5.74) is -0.0881. The first-order valence-corrected chi connectivity index (χ1v) is 8.91. The standard InChI is InChI=1S/C19H27NO4/c21-12-6-16-7-13-24-19(14-16)8-10-20(11-9-19)18(22)15-23-17-4-2-1-3-5-17/h1-5,16,21H,6-15H2. The van der Waals surface area contributed by atoms with Gasteiger partial charge in [0.2, 0.25) is 0 Å². The van der Waals surface area contributed by atoms with Crippen LogP contribution in [0.3, 0.4) is 0 Å². The van der Waals surface area contributed by atoms with Gasteiger partial charge in [0.25, 0.3) is 5.91 Å². The van der Waals surface area contributed by atoms with Gasteiger partial charge in [0.15, 0.2) is 6.61 Å². The van der Waals surface area contributed by atoms with Crippen molar-refractivity contribution in [3.63, 3.8) is 0 Å². The van der Waals surface area contributed by atoms with E-state index < -0.39 is 0 Å². The molecule has 0 aliphatic carbocycles. The van der Waals surface area contributed by atoms with Gasteiger partial charge in [-0.25, -0.2) is 0 Å². The summed E-state index contributed by atoms with van der Waals surface area (Å²) in [4.78, 5) is 14.2. The van der Waals surface area contributed by atoms with E-state index in [4.69, 9.17) is 14.6 Å². The zero-order valence-electron chi connectivity index (χ0n) is 14.2. The minimum Gasteiger partial charge on any atom is -0.484 e. The van der Waals surface area contributed by atoms with E-state index >= 15 is 0 Å². The average molecular weight is 333 g/mol. The molecule has 0 bridgehead atoms. The highest BCUT2D eigenvalue weighted by Crippen LogP contribution is 2.38. The smallest absolute Gasteiger partial charge is 0.260 e. The fourth-order valence-corrected chi connectivity index (χ4v) is 3.82. The molecule has 1 spiro atoms. The third-order valence-corrected chi connectivity index (χ3v) is 5.27. The Hall–Kier alpha value is -1.59. The first-order chi connectivity index (χ1) is 11.7. The number of benzene rings is 1. The number of para-hydroxylation sites is 1. The zero-order chi connectivity index (χ0) is 16.8. The van der Waals surface area contributed by atoms with Gasteiger partial charge in [0.1, 0.15) is 5.75 Å². The molecule has 2 saturated heterocycles. The predicted molar refractivity (Wildman–Crippen MR) is 90.9 cm³/mol. The summed E-state index contributed by atoms with van der Waals surface area (Å²) in [6.45, 7) is 2.56. The van der Waals surface area contributed by atoms with E-state index in [0.29, 0.717) is 5.92 Å². The highest BCUT2D eigenvalue weighted by molar-refractivity contribution is 5.77. The van der Waals surface area contributed by atoms with Crippen LogP contribution >= 0.6 is 0 Å². The summed E-state index contributed by atoms with van der Waals surface area (Å²) in [5, 5.41) is 9.17.